The van der Waals surface area contributed by atoms with Crippen LogP contribution in [0.3, 0.4) is 0 Å². The molecular formula is C14H19NO5S. The van der Waals surface area contributed by atoms with Crippen LogP contribution in [-0.2, 0) is 14.8 Å². The van der Waals surface area contributed by atoms with Crippen LogP contribution in [0.15, 0.2) is 23.1 Å². The zero-order valence-corrected chi connectivity index (χ0v) is 12.9. The van der Waals surface area contributed by atoms with Crippen LogP contribution in [0, 0.1) is 12.8 Å². The lowest BCUT2D eigenvalue weighted by Crippen LogP contribution is -2.42. The first-order chi connectivity index (χ1) is 9.86. The molecule has 0 radical (unpaired) electrons. The lowest BCUT2D eigenvalue weighted by Gasteiger charge is -2.30. The Kier molecular flexibility index (Phi) is 4.53. The summed E-state index contributed by atoms with van der Waals surface area (Å²) in [7, 11) is -2.15. The lowest BCUT2D eigenvalue weighted by atomic mass is 10.0. The predicted molar refractivity (Wildman–Crippen MR) is 76.8 cm³/mol. The Labute approximate surface area is 124 Å². The average Bonchev–Trinajstić information content (AvgIpc) is 2.46. The molecule has 0 aromatic heterocycles. The van der Waals surface area contributed by atoms with E-state index in [0.717, 1.165) is 0 Å². The molecule has 0 saturated carbocycles. The smallest absolute Gasteiger partial charge is 0.307 e. The number of sulfonamides is 1. The highest BCUT2D eigenvalue weighted by atomic mass is 32.2. The number of ether oxygens (including phenoxy) is 1. The van der Waals surface area contributed by atoms with Crippen LogP contribution in [0.5, 0.6) is 5.75 Å². The fourth-order valence-corrected chi connectivity index (χ4v) is 4.27. The van der Waals surface area contributed by atoms with Crippen molar-refractivity contribution in [2.75, 3.05) is 20.2 Å². The number of hydrogen-bond acceptors (Lipinski definition) is 4. The first-order valence-corrected chi connectivity index (χ1v) is 8.18. The molecule has 1 aliphatic rings. The summed E-state index contributed by atoms with van der Waals surface area (Å²) in [6.45, 7) is 2.09. The van der Waals surface area contributed by atoms with E-state index in [9.17, 15) is 13.2 Å². The number of carboxylic acid groups (broad SMARTS) is 1. The molecule has 7 heteroatoms. The largest absolute Gasteiger partial charge is 0.497 e. The van der Waals surface area contributed by atoms with Gasteiger partial charge in [-0.25, -0.2) is 8.42 Å². The van der Waals surface area contributed by atoms with E-state index >= 15 is 0 Å². The number of nitrogens with zero attached hydrogens (tertiary/aromatic N) is 1. The Morgan fingerprint density at radius 2 is 2.14 bits per heavy atom. The van der Waals surface area contributed by atoms with Gasteiger partial charge in [0.25, 0.3) is 0 Å². The van der Waals surface area contributed by atoms with Crippen molar-refractivity contribution in [2.24, 2.45) is 5.92 Å². The van der Waals surface area contributed by atoms with Crippen molar-refractivity contribution in [3.8, 4) is 5.75 Å². The predicted octanol–water partition coefficient (Wildman–Crippen LogP) is 1.49. The molecule has 1 aliphatic heterocycles. The lowest BCUT2D eigenvalue weighted by molar-refractivity contribution is -0.142. The van der Waals surface area contributed by atoms with Crippen molar-refractivity contribution < 1.29 is 23.1 Å². The molecule has 0 aliphatic carbocycles. The average molecular weight is 313 g/mol. The first-order valence-electron chi connectivity index (χ1n) is 6.74. The quantitative estimate of drug-likeness (QED) is 0.910. The van der Waals surface area contributed by atoms with Crippen molar-refractivity contribution in [3.05, 3.63) is 23.8 Å². The second-order valence-electron chi connectivity index (χ2n) is 5.17. The molecule has 1 atom stereocenters. The van der Waals surface area contributed by atoms with Gasteiger partial charge in [0.1, 0.15) is 5.75 Å². The van der Waals surface area contributed by atoms with E-state index < -0.39 is 21.9 Å². The van der Waals surface area contributed by atoms with Gasteiger partial charge in [-0.2, -0.15) is 4.31 Å². The number of carboxylic acids is 1. The third-order valence-corrected chi connectivity index (χ3v) is 5.76. The number of aliphatic carboxylic acids is 1. The highest BCUT2D eigenvalue weighted by molar-refractivity contribution is 7.89. The highest BCUT2D eigenvalue weighted by Crippen LogP contribution is 2.27. The maximum absolute atomic E-state index is 12.7. The van der Waals surface area contributed by atoms with Crippen molar-refractivity contribution in [3.63, 3.8) is 0 Å². The van der Waals surface area contributed by atoms with Gasteiger partial charge in [-0.1, -0.05) is 0 Å². The zero-order chi connectivity index (χ0) is 15.6. The van der Waals surface area contributed by atoms with E-state index in [2.05, 4.69) is 0 Å². The van der Waals surface area contributed by atoms with Crippen LogP contribution in [0.25, 0.3) is 0 Å². The fourth-order valence-electron chi connectivity index (χ4n) is 2.54. The van der Waals surface area contributed by atoms with Gasteiger partial charge in [0, 0.05) is 13.1 Å². The molecule has 0 bridgehead atoms. The number of piperidine rings is 1. The third-order valence-electron chi connectivity index (χ3n) is 3.73. The molecule has 21 heavy (non-hydrogen) atoms. The van der Waals surface area contributed by atoms with Crippen LogP contribution in [0.4, 0.5) is 0 Å². The molecule has 2 rings (SSSR count). The summed E-state index contributed by atoms with van der Waals surface area (Å²) in [4.78, 5) is 11.3. The van der Waals surface area contributed by atoms with Crippen LogP contribution >= 0.6 is 0 Å². The normalized spacial score (nSPS) is 20.2. The summed E-state index contributed by atoms with van der Waals surface area (Å²) in [5.74, 6) is -0.984. The minimum atomic E-state index is -3.67. The first kappa shape index (κ1) is 15.8. The summed E-state index contributed by atoms with van der Waals surface area (Å²) >= 11 is 0. The summed E-state index contributed by atoms with van der Waals surface area (Å²) in [5, 5.41) is 9.08. The number of hydrogen-bond donors (Lipinski definition) is 1. The maximum atomic E-state index is 12.7. The molecule has 1 saturated heterocycles. The molecule has 1 aromatic rings. The molecule has 1 fully saturated rings. The number of rotatable bonds is 4. The second kappa shape index (κ2) is 6.03. The number of benzene rings is 1. The topological polar surface area (TPSA) is 83.9 Å². The Hall–Kier alpha value is -1.60. The molecule has 1 unspecified atom stereocenters. The Morgan fingerprint density at radius 1 is 1.43 bits per heavy atom. The van der Waals surface area contributed by atoms with E-state index in [0.29, 0.717) is 30.7 Å². The van der Waals surface area contributed by atoms with Gasteiger partial charge in [0.05, 0.1) is 17.9 Å². The van der Waals surface area contributed by atoms with Gasteiger partial charge in [-0.15, -0.1) is 0 Å². The molecule has 1 heterocycles. The summed E-state index contributed by atoms with van der Waals surface area (Å²) < 4.78 is 31.7. The van der Waals surface area contributed by atoms with Crippen molar-refractivity contribution in [2.45, 2.75) is 24.7 Å². The maximum Gasteiger partial charge on any atom is 0.307 e. The molecule has 0 spiro atoms. The molecule has 116 valence electrons. The van der Waals surface area contributed by atoms with Crippen LogP contribution in [-0.4, -0.2) is 44.0 Å². The monoisotopic (exact) mass is 313 g/mol. The Morgan fingerprint density at radius 3 is 2.71 bits per heavy atom. The third kappa shape index (κ3) is 3.19. The second-order valence-corrected chi connectivity index (χ2v) is 7.08. The van der Waals surface area contributed by atoms with Crippen LogP contribution in [0.2, 0.25) is 0 Å². The molecule has 6 nitrogen and oxygen atoms in total. The number of carbonyl (C=O) groups is 1. The van der Waals surface area contributed by atoms with Gasteiger partial charge in [0.15, 0.2) is 0 Å². The number of methoxy groups -OCH3 is 1. The van der Waals surface area contributed by atoms with Gasteiger partial charge in [-0.05, 0) is 43.5 Å². The highest BCUT2D eigenvalue weighted by Gasteiger charge is 2.33. The fraction of sp³-hybridized carbons (Fsp3) is 0.500. The molecule has 0 amide bonds. The summed E-state index contributed by atoms with van der Waals surface area (Å²) in [5.41, 5.74) is 0.590. The Balaban J connectivity index is 2.31. The van der Waals surface area contributed by atoms with E-state index in [1.54, 1.807) is 19.1 Å². The van der Waals surface area contributed by atoms with Crippen molar-refractivity contribution in [1.29, 1.82) is 0 Å². The van der Waals surface area contributed by atoms with E-state index in [1.807, 2.05) is 0 Å². The van der Waals surface area contributed by atoms with Crippen molar-refractivity contribution in [1.82, 2.24) is 4.31 Å². The molecule has 1 aromatic carbocycles. The van der Waals surface area contributed by atoms with Gasteiger partial charge in [0.2, 0.25) is 10.0 Å². The summed E-state index contributed by atoms with van der Waals surface area (Å²) in [6, 6.07) is 4.76. The van der Waals surface area contributed by atoms with Crippen molar-refractivity contribution >= 4 is 16.0 Å². The van der Waals surface area contributed by atoms with Crippen LogP contribution < -0.4 is 4.74 Å². The van der Waals surface area contributed by atoms with Gasteiger partial charge >= 0.3 is 5.97 Å². The van der Waals surface area contributed by atoms with E-state index in [-0.39, 0.29) is 11.4 Å². The summed E-state index contributed by atoms with van der Waals surface area (Å²) in [6.07, 6.45) is 1.08. The Bertz CT molecular complexity index is 641. The van der Waals surface area contributed by atoms with E-state index in [4.69, 9.17) is 9.84 Å². The van der Waals surface area contributed by atoms with Gasteiger partial charge < -0.3 is 9.84 Å². The molecule has 1 N–H and O–H groups in total. The minimum Gasteiger partial charge on any atom is -0.497 e. The molecular weight excluding hydrogens is 294 g/mol. The van der Waals surface area contributed by atoms with E-state index in [1.165, 1.54) is 17.5 Å². The standard InChI is InChI=1S/C14H19NO5S/c1-10-8-12(20-2)5-6-13(10)21(18,19)15-7-3-4-11(9-15)14(16)17/h5-6,8,11H,3-4,7,9H2,1-2H3,(H,16,17). The SMILES string of the molecule is COc1ccc(S(=O)(=O)N2CCCC(C(=O)O)C2)c(C)c1. The van der Waals surface area contributed by atoms with Gasteiger partial charge in [-0.3, -0.25) is 4.79 Å². The minimum absolute atomic E-state index is 0.0309. The van der Waals surface area contributed by atoms with Crippen LogP contribution in [0.1, 0.15) is 18.4 Å². The number of aryl methyl sites for hydroxylation is 1. The zero-order valence-electron chi connectivity index (χ0n) is 12.1.